The molecule has 1 aromatic rings. The first-order valence-electron chi connectivity index (χ1n) is 5.52. The van der Waals surface area contributed by atoms with Crippen LogP contribution in [0.2, 0.25) is 0 Å². The average molecular weight is 257 g/mol. The van der Waals surface area contributed by atoms with E-state index in [1.807, 2.05) is 25.9 Å². The summed E-state index contributed by atoms with van der Waals surface area (Å²) in [6, 6.07) is 1.76. The molecule has 18 heavy (non-hydrogen) atoms. The molecule has 0 heterocycles. The number of rotatable bonds is 4. The molecule has 3 N–H and O–H groups in total. The van der Waals surface area contributed by atoms with Gasteiger partial charge >= 0.3 is 0 Å². The number of likely N-dealkylation sites (N-methyl/N-ethyl adjacent to an activating group) is 1. The van der Waals surface area contributed by atoms with Gasteiger partial charge in [-0.05, 0) is 33.2 Å². The number of amides is 1. The Labute approximate surface area is 105 Å². The van der Waals surface area contributed by atoms with Crippen LogP contribution in [0.3, 0.4) is 0 Å². The molecule has 0 radical (unpaired) electrons. The molecule has 4 nitrogen and oxygen atoms in total. The van der Waals surface area contributed by atoms with Gasteiger partial charge in [-0.3, -0.25) is 4.79 Å². The molecule has 0 spiro atoms. The van der Waals surface area contributed by atoms with E-state index in [9.17, 15) is 13.6 Å². The zero-order valence-corrected chi connectivity index (χ0v) is 10.6. The largest absolute Gasteiger partial charge is 0.396 e. The Morgan fingerprint density at radius 1 is 1.44 bits per heavy atom. The summed E-state index contributed by atoms with van der Waals surface area (Å²) in [5.74, 6) is -2.31. The summed E-state index contributed by atoms with van der Waals surface area (Å²) in [5.41, 5.74) is 4.51. The normalized spacial score (nSPS) is 12.6. The highest BCUT2D eigenvalue weighted by Crippen LogP contribution is 2.17. The summed E-state index contributed by atoms with van der Waals surface area (Å²) in [4.78, 5) is 13.6. The SMILES string of the molecule is CC(CNC(=O)c1cc(F)cc(N)c1F)N(C)C. The summed E-state index contributed by atoms with van der Waals surface area (Å²) in [5, 5.41) is 2.53. The predicted molar refractivity (Wildman–Crippen MR) is 66.3 cm³/mol. The quantitative estimate of drug-likeness (QED) is 0.798. The number of nitrogen functional groups attached to an aromatic ring is 1. The highest BCUT2D eigenvalue weighted by Gasteiger charge is 2.16. The van der Waals surface area contributed by atoms with Crippen LogP contribution in [0.25, 0.3) is 0 Å². The van der Waals surface area contributed by atoms with Gasteiger partial charge in [0.15, 0.2) is 5.82 Å². The zero-order valence-electron chi connectivity index (χ0n) is 10.6. The molecule has 1 atom stereocenters. The molecule has 0 aliphatic heterocycles. The third-order valence-corrected chi connectivity index (χ3v) is 2.75. The van der Waals surface area contributed by atoms with Gasteiger partial charge in [0, 0.05) is 12.6 Å². The van der Waals surface area contributed by atoms with Gasteiger partial charge in [-0.25, -0.2) is 8.78 Å². The van der Waals surface area contributed by atoms with Gasteiger partial charge in [-0.2, -0.15) is 0 Å². The standard InChI is InChI=1S/C12H17F2N3O/c1-7(17(2)3)6-16-12(18)9-4-8(13)5-10(15)11(9)14/h4-5,7H,6,15H2,1-3H3,(H,16,18). The minimum absolute atomic E-state index is 0.0860. The van der Waals surface area contributed by atoms with Crippen LogP contribution in [0, 0.1) is 11.6 Å². The highest BCUT2D eigenvalue weighted by atomic mass is 19.1. The van der Waals surface area contributed by atoms with Crippen molar-refractivity contribution in [1.82, 2.24) is 10.2 Å². The molecule has 1 aromatic carbocycles. The summed E-state index contributed by atoms with van der Waals surface area (Å²) in [6.07, 6.45) is 0. The number of halogens is 2. The molecular formula is C12H17F2N3O. The number of hydrogen-bond acceptors (Lipinski definition) is 3. The lowest BCUT2D eigenvalue weighted by Crippen LogP contribution is -2.38. The van der Waals surface area contributed by atoms with E-state index in [4.69, 9.17) is 5.73 Å². The number of nitrogens with zero attached hydrogens (tertiary/aromatic N) is 1. The number of anilines is 1. The van der Waals surface area contributed by atoms with Crippen molar-refractivity contribution in [2.75, 3.05) is 26.4 Å². The van der Waals surface area contributed by atoms with Gasteiger partial charge in [-0.15, -0.1) is 0 Å². The van der Waals surface area contributed by atoms with Crippen LogP contribution >= 0.6 is 0 Å². The van der Waals surface area contributed by atoms with Crippen molar-refractivity contribution in [2.45, 2.75) is 13.0 Å². The average Bonchev–Trinajstić information content (AvgIpc) is 2.29. The lowest BCUT2D eigenvalue weighted by Gasteiger charge is -2.20. The Kier molecular flexibility index (Phi) is 4.61. The molecular weight excluding hydrogens is 240 g/mol. The molecule has 1 rings (SSSR count). The van der Waals surface area contributed by atoms with E-state index in [0.29, 0.717) is 6.54 Å². The van der Waals surface area contributed by atoms with E-state index >= 15 is 0 Å². The molecule has 0 saturated carbocycles. The summed E-state index contributed by atoms with van der Waals surface area (Å²) < 4.78 is 26.6. The van der Waals surface area contributed by atoms with Crippen LogP contribution in [0.1, 0.15) is 17.3 Å². The summed E-state index contributed by atoms with van der Waals surface area (Å²) in [6.45, 7) is 2.23. The van der Waals surface area contributed by atoms with E-state index in [1.165, 1.54) is 0 Å². The van der Waals surface area contributed by atoms with Gasteiger partial charge in [0.1, 0.15) is 5.82 Å². The number of carbonyl (C=O) groups is 1. The second-order valence-electron chi connectivity index (χ2n) is 4.38. The van der Waals surface area contributed by atoms with Gasteiger partial charge in [0.25, 0.3) is 5.91 Å². The minimum Gasteiger partial charge on any atom is -0.396 e. The van der Waals surface area contributed by atoms with Crippen molar-refractivity contribution in [3.63, 3.8) is 0 Å². The fraction of sp³-hybridized carbons (Fsp3) is 0.417. The van der Waals surface area contributed by atoms with Crippen LogP contribution in [0.4, 0.5) is 14.5 Å². The maximum atomic E-state index is 13.6. The van der Waals surface area contributed by atoms with Crippen LogP contribution in [-0.4, -0.2) is 37.5 Å². The lowest BCUT2D eigenvalue weighted by atomic mass is 10.1. The zero-order chi connectivity index (χ0) is 13.9. The Bertz CT molecular complexity index is 449. The number of hydrogen-bond donors (Lipinski definition) is 2. The monoisotopic (exact) mass is 257 g/mol. The first-order valence-corrected chi connectivity index (χ1v) is 5.52. The van der Waals surface area contributed by atoms with Crippen molar-refractivity contribution in [3.8, 4) is 0 Å². The van der Waals surface area contributed by atoms with E-state index < -0.39 is 17.5 Å². The lowest BCUT2D eigenvalue weighted by molar-refractivity contribution is 0.0939. The first kappa shape index (κ1) is 14.4. The molecule has 0 aliphatic rings. The first-order chi connectivity index (χ1) is 8.32. The minimum atomic E-state index is -0.897. The molecule has 1 unspecified atom stereocenters. The second-order valence-corrected chi connectivity index (χ2v) is 4.38. The number of nitrogens with one attached hydrogen (secondary N) is 1. The third-order valence-electron chi connectivity index (χ3n) is 2.75. The van der Waals surface area contributed by atoms with Crippen LogP contribution in [0.15, 0.2) is 12.1 Å². The number of nitrogens with two attached hydrogens (primary N) is 1. The van der Waals surface area contributed by atoms with Crippen molar-refractivity contribution in [2.24, 2.45) is 0 Å². The molecule has 100 valence electrons. The predicted octanol–water partition coefficient (Wildman–Crippen LogP) is 1.23. The molecule has 0 saturated heterocycles. The van der Waals surface area contributed by atoms with Crippen LogP contribution in [0.5, 0.6) is 0 Å². The molecule has 0 bridgehead atoms. The number of benzene rings is 1. The van der Waals surface area contributed by atoms with Crippen molar-refractivity contribution in [1.29, 1.82) is 0 Å². The third kappa shape index (κ3) is 3.40. The Balaban J connectivity index is 2.79. The maximum absolute atomic E-state index is 13.6. The molecule has 0 fully saturated rings. The van der Waals surface area contributed by atoms with Gasteiger partial charge in [0.05, 0.1) is 11.3 Å². The van der Waals surface area contributed by atoms with Gasteiger partial charge in [0.2, 0.25) is 0 Å². The van der Waals surface area contributed by atoms with Crippen LogP contribution < -0.4 is 11.1 Å². The Morgan fingerprint density at radius 2 is 2.06 bits per heavy atom. The van der Waals surface area contributed by atoms with E-state index in [1.54, 1.807) is 0 Å². The molecule has 0 aliphatic carbocycles. The number of carbonyl (C=O) groups excluding carboxylic acids is 1. The second kappa shape index (κ2) is 5.77. The fourth-order valence-corrected chi connectivity index (χ4v) is 1.29. The van der Waals surface area contributed by atoms with E-state index in [-0.39, 0.29) is 17.3 Å². The van der Waals surface area contributed by atoms with Crippen molar-refractivity contribution >= 4 is 11.6 Å². The van der Waals surface area contributed by atoms with Crippen molar-refractivity contribution < 1.29 is 13.6 Å². The summed E-state index contributed by atoms with van der Waals surface area (Å²) in [7, 11) is 3.72. The smallest absolute Gasteiger partial charge is 0.254 e. The molecule has 0 aromatic heterocycles. The Hall–Kier alpha value is -1.69. The van der Waals surface area contributed by atoms with Gasteiger partial charge in [-0.1, -0.05) is 0 Å². The van der Waals surface area contributed by atoms with Crippen molar-refractivity contribution in [3.05, 3.63) is 29.3 Å². The maximum Gasteiger partial charge on any atom is 0.254 e. The summed E-state index contributed by atoms with van der Waals surface area (Å²) >= 11 is 0. The molecule has 1 amide bonds. The topological polar surface area (TPSA) is 58.4 Å². The molecule has 6 heteroatoms. The van der Waals surface area contributed by atoms with E-state index in [2.05, 4.69) is 5.32 Å². The van der Waals surface area contributed by atoms with Gasteiger partial charge < -0.3 is 16.0 Å². The Morgan fingerprint density at radius 3 is 2.61 bits per heavy atom. The van der Waals surface area contributed by atoms with E-state index in [0.717, 1.165) is 12.1 Å². The fourth-order valence-electron chi connectivity index (χ4n) is 1.29. The van der Waals surface area contributed by atoms with Crippen LogP contribution in [-0.2, 0) is 0 Å². The highest BCUT2D eigenvalue weighted by molar-refractivity contribution is 5.95.